The summed E-state index contributed by atoms with van der Waals surface area (Å²) in [5, 5.41) is 0.943. The Hall–Kier alpha value is -1.77. The van der Waals surface area contributed by atoms with Gasteiger partial charge < -0.3 is 9.72 Å². The number of fused-ring (bicyclic) bond motifs is 1. The highest BCUT2D eigenvalue weighted by Crippen LogP contribution is 2.34. The quantitative estimate of drug-likeness (QED) is 0.841. The van der Waals surface area contributed by atoms with Crippen molar-refractivity contribution in [2.75, 3.05) is 0 Å². The normalized spacial score (nSPS) is 16.1. The Labute approximate surface area is 119 Å². The van der Waals surface area contributed by atoms with Crippen LogP contribution in [0.4, 0.5) is 0 Å². The van der Waals surface area contributed by atoms with E-state index >= 15 is 0 Å². The summed E-state index contributed by atoms with van der Waals surface area (Å²) in [5.74, 6) is 1.27. The van der Waals surface area contributed by atoms with E-state index in [0.717, 1.165) is 35.1 Å². The standard InChI is InChI=1S/C17H21NO2/c1-11(2)20-15-9-5-8-14-16(15)13(10-18-14)17(19)12-6-3-4-7-12/h5,8-12,18H,3-4,6-7H2,1-2H3. The van der Waals surface area contributed by atoms with Crippen LogP contribution in [0.25, 0.3) is 10.9 Å². The minimum atomic E-state index is 0.102. The third kappa shape index (κ3) is 2.33. The van der Waals surface area contributed by atoms with E-state index in [0.29, 0.717) is 0 Å². The molecular weight excluding hydrogens is 250 g/mol. The van der Waals surface area contributed by atoms with E-state index in [4.69, 9.17) is 4.74 Å². The van der Waals surface area contributed by atoms with Gasteiger partial charge in [-0.3, -0.25) is 4.79 Å². The second kappa shape index (κ2) is 5.31. The maximum absolute atomic E-state index is 12.7. The zero-order chi connectivity index (χ0) is 14.1. The van der Waals surface area contributed by atoms with Gasteiger partial charge in [0.2, 0.25) is 0 Å². The number of hydrogen-bond acceptors (Lipinski definition) is 2. The minimum absolute atomic E-state index is 0.102. The van der Waals surface area contributed by atoms with Crippen LogP contribution in [0, 0.1) is 5.92 Å². The van der Waals surface area contributed by atoms with Gasteiger partial charge in [0.15, 0.2) is 5.78 Å². The van der Waals surface area contributed by atoms with E-state index in [2.05, 4.69) is 4.98 Å². The lowest BCUT2D eigenvalue weighted by Gasteiger charge is -2.13. The summed E-state index contributed by atoms with van der Waals surface area (Å²) < 4.78 is 5.87. The first-order valence-corrected chi connectivity index (χ1v) is 7.48. The van der Waals surface area contributed by atoms with Gasteiger partial charge in [-0.1, -0.05) is 18.9 Å². The lowest BCUT2D eigenvalue weighted by atomic mass is 9.96. The van der Waals surface area contributed by atoms with Crippen molar-refractivity contribution < 1.29 is 9.53 Å². The van der Waals surface area contributed by atoms with Crippen molar-refractivity contribution in [1.82, 2.24) is 4.98 Å². The Morgan fingerprint density at radius 2 is 2.05 bits per heavy atom. The Kier molecular flexibility index (Phi) is 3.51. The maximum Gasteiger partial charge on any atom is 0.168 e. The summed E-state index contributed by atoms with van der Waals surface area (Å²) in [6, 6.07) is 5.90. The van der Waals surface area contributed by atoms with Crippen molar-refractivity contribution in [3.63, 3.8) is 0 Å². The summed E-state index contributed by atoms with van der Waals surface area (Å²) in [6.07, 6.45) is 6.35. The molecule has 1 N–H and O–H groups in total. The second-order valence-corrected chi connectivity index (χ2v) is 5.89. The molecule has 1 heterocycles. The van der Waals surface area contributed by atoms with Crippen molar-refractivity contribution in [1.29, 1.82) is 0 Å². The van der Waals surface area contributed by atoms with E-state index in [-0.39, 0.29) is 17.8 Å². The van der Waals surface area contributed by atoms with Crippen LogP contribution in [0.2, 0.25) is 0 Å². The average Bonchev–Trinajstić information content (AvgIpc) is 3.07. The number of ketones is 1. The zero-order valence-electron chi connectivity index (χ0n) is 12.1. The average molecular weight is 271 g/mol. The molecule has 0 atom stereocenters. The molecule has 3 nitrogen and oxygen atoms in total. The Morgan fingerprint density at radius 3 is 2.75 bits per heavy atom. The number of carbonyl (C=O) groups excluding carboxylic acids is 1. The van der Waals surface area contributed by atoms with Crippen molar-refractivity contribution in [2.24, 2.45) is 5.92 Å². The van der Waals surface area contributed by atoms with Gasteiger partial charge in [-0.25, -0.2) is 0 Å². The molecule has 3 heteroatoms. The molecule has 1 aliphatic carbocycles. The molecule has 1 aliphatic rings. The molecule has 1 aromatic carbocycles. The number of aromatic nitrogens is 1. The van der Waals surface area contributed by atoms with Crippen molar-refractivity contribution in [2.45, 2.75) is 45.6 Å². The van der Waals surface area contributed by atoms with Gasteiger partial charge in [0, 0.05) is 23.2 Å². The van der Waals surface area contributed by atoms with Crippen LogP contribution >= 0.6 is 0 Å². The molecule has 3 rings (SSSR count). The van der Waals surface area contributed by atoms with Crippen LogP contribution < -0.4 is 4.74 Å². The number of H-pyrrole nitrogens is 1. The number of hydrogen-bond donors (Lipinski definition) is 1. The van der Waals surface area contributed by atoms with E-state index in [9.17, 15) is 4.79 Å². The fourth-order valence-electron chi connectivity index (χ4n) is 3.11. The second-order valence-electron chi connectivity index (χ2n) is 5.89. The van der Waals surface area contributed by atoms with Crippen LogP contribution in [0.1, 0.15) is 49.9 Å². The smallest absolute Gasteiger partial charge is 0.168 e. The van der Waals surface area contributed by atoms with E-state index in [1.54, 1.807) is 0 Å². The fourth-order valence-corrected chi connectivity index (χ4v) is 3.11. The Balaban J connectivity index is 2.04. The number of rotatable bonds is 4. The molecule has 0 radical (unpaired) electrons. The van der Waals surface area contributed by atoms with Gasteiger partial charge in [0.1, 0.15) is 5.75 Å². The maximum atomic E-state index is 12.7. The first-order chi connectivity index (χ1) is 9.66. The molecule has 106 valence electrons. The summed E-state index contributed by atoms with van der Waals surface area (Å²) in [5.41, 5.74) is 1.77. The van der Waals surface area contributed by atoms with Crippen LogP contribution in [-0.2, 0) is 0 Å². The number of nitrogens with one attached hydrogen (secondary N) is 1. The SMILES string of the molecule is CC(C)Oc1cccc2[nH]cc(C(=O)C3CCCC3)c12. The van der Waals surface area contributed by atoms with E-state index < -0.39 is 0 Å². The summed E-state index contributed by atoms with van der Waals surface area (Å²) in [4.78, 5) is 15.9. The van der Waals surface area contributed by atoms with Crippen molar-refractivity contribution in [3.8, 4) is 5.75 Å². The van der Waals surface area contributed by atoms with Crippen LogP contribution in [0.5, 0.6) is 5.75 Å². The van der Waals surface area contributed by atoms with Gasteiger partial charge in [-0.2, -0.15) is 0 Å². The number of benzene rings is 1. The van der Waals surface area contributed by atoms with Crippen LogP contribution in [-0.4, -0.2) is 16.9 Å². The first kappa shape index (κ1) is 13.2. The fraction of sp³-hybridized carbons (Fsp3) is 0.471. The van der Waals surface area contributed by atoms with Gasteiger partial charge in [0.05, 0.1) is 11.5 Å². The third-order valence-corrected chi connectivity index (χ3v) is 4.02. The molecule has 20 heavy (non-hydrogen) atoms. The highest BCUT2D eigenvalue weighted by Gasteiger charge is 2.26. The Morgan fingerprint density at radius 1 is 1.30 bits per heavy atom. The van der Waals surface area contributed by atoms with E-state index in [1.807, 2.05) is 38.2 Å². The van der Waals surface area contributed by atoms with Gasteiger partial charge in [-0.15, -0.1) is 0 Å². The molecule has 1 saturated carbocycles. The molecule has 0 bridgehead atoms. The molecule has 2 aromatic rings. The predicted molar refractivity (Wildman–Crippen MR) is 80.4 cm³/mol. The number of carbonyl (C=O) groups is 1. The molecule has 0 aliphatic heterocycles. The minimum Gasteiger partial charge on any atom is -0.490 e. The first-order valence-electron chi connectivity index (χ1n) is 7.48. The van der Waals surface area contributed by atoms with Crippen LogP contribution in [0.3, 0.4) is 0 Å². The molecule has 1 fully saturated rings. The van der Waals surface area contributed by atoms with Gasteiger partial charge in [-0.05, 0) is 38.8 Å². The lowest BCUT2D eigenvalue weighted by Crippen LogP contribution is -2.11. The van der Waals surface area contributed by atoms with Crippen LogP contribution in [0.15, 0.2) is 24.4 Å². The summed E-state index contributed by atoms with van der Waals surface area (Å²) in [6.45, 7) is 4.01. The molecule has 1 aromatic heterocycles. The van der Waals surface area contributed by atoms with E-state index in [1.165, 1.54) is 12.8 Å². The van der Waals surface area contributed by atoms with Gasteiger partial charge in [0.25, 0.3) is 0 Å². The largest absolute Gasteiger partial charge is 0.490 e. The van der Waals surface area contributed by atoms with Crippen molar-refractivity contribution in [3.05, 3.63) is 30.0 Å². The molecule has 0 amide bonds. The number of aromatic amines is 1. The Bertz CT molecular complexity index is 621. The highest BCUT2D eigenvalue weighted by atomic mass is 16.5. The molecule has 0 saturated heterocycles. The third-order valence-electron chi connectivity index (χ3n) is 4.02. The lowest BCUT2D eigenvalue weighted by molar-refractivity contribution is 0.0924. The van der Waals surface area contributed by atoms with Crippen molar-refractivity contribution >= 4 is 16.7 Å². The monoisotopic (exact) mass is 271 g/mol. The zero-order valence-corrected chi connectivity index (χ0v) is 12.1. The summed E-state index contributed by atoms with van der Waals surface area (Å²) in [7, 11) is 0. The number of ether oxygens (including phenoxy) is 1. The molecule has 0 spiro atoms. The predicted octanol–water partition coefficient (Wildman–Crippen LogP) is 4.33. The topological polar surface area (TPSA) is 42.1 Å². The summed E-state index contributed by atoms with van der Waals surface area (Å²) >= 11 is 0. The molecular formula is C17H21NO2. The molecule has 0 unspecified atom stereocenters. The number of Topliss-reactive ketones (excluding diaryl/α,β-unsaturated/α-hetero) is 1. The highest BCUT2D eigenvalue weighted by molar-refractivity contribution is 6.11. The van der Waals surface area contributed by atoms with Gasteiger partial charge >= 0.3 is 0 Å².